The minimum absolute atomic E-state index is 0.0940. The average Bonchev–Trinajstić information content (AvgIpc) is 3.05. The van der Waals surface area contributed by atoms with Gasteiger partial charge in [0.1, 0.15) is 24.4 Å². The van der Waals surface area contributed by atoms with Crippen LogP contribution in [0, 0.1) is 0 Å². The Hall–Kier alpha value is -4.08. The smallest absolute Gasteiger partial charge is 0.228 e. The van der Waals surface area contributed by atoms with E-state index < -0.39 is 30.8 Å². The highest BCUT2D eigenvalue weighted by atomic mass is 19.1. The molecule has 0 amide bonds. The molecule has 1 heterocycles. The molecule has 222 valence electrons. The second kappa shape index (κ2) is 16.0. The first-order valence-corrected chi connectivity index (χ1v) is 14.2. The summed E-state index contributed by atoms with van der Waals surface area (Å²) < 4.78 is 46.7. The average molecular weight is 584 g/mol. The van der Waals surface area contributed by atoms with Crippen molar-refractivity contribution in [3.8, 4) is 0 Å². The maximum absolute atomic E-state index is 15.8. The van der Waals surface area contributed by atoms with Gasteiger partial charge in [-0.25, -0.2) is 4.39 Å². The Balaban J connectivity index is 1.36. The number of hydrogen-bond acceptors (Lipinski definition) is 6. The van der Waals surface area contributed by atoms with Crippen LogP contribution in [0.5, 0.6) is 0 Å². The molecule has 1 saturated heterocycles. The number of hydrogen-bond donors (Lipinski definition) is 0. The van der Waals surface area contributed by atoms with Gasteiger partial charge in [-0.05, 0) is 27.8 Å². The van der Waals surface area contributed by atoms with Crippen LogP contribution in [0.2, 0.25) is 0 Å². The van der Waals surface area contributed by atoms with Gasteiger partial charge in [-0.1, -0.05) is 120 Å². The van der Waals surface area contributed by atoms with Crippen LogP contribution >= 0.6 is 0 Å². The predicted molar refractivity (Wildman–Crippen MR) is 160 cm³/mol. The molecule has 0 saturated carbocycles. The molecule has 0 aromatic heterocycles. The molecule has 1 fully saturated rings. The van der Waals surface area contributed by atoms with Crippen molar-refractivity contribution < 1.29 is 28.1 Å². The van der Waals surface area contributed by atoms with Crippen LogP contribution in [0.25, 0.3) is 10.4 Å². The number of ether oxygens (including phenoxy) is 5. The van der Waals surface area contributed by atoms with Gasteiger partial charge in [0.25, 0.3) is 0 Å². The zero-order valence-corrected chi connectivity index (χ0v) is 23.7. The second-order valence-corrected chi connectivity index (χ2v) is 10.2. The van der Waals surface area contributed by atoms with Gasteiger partial charge in [0.2, 0.25) is 6.36 Å². The second-order valence-electron chi connectivity index (χ2n) is 10.2. The summed E-state index contributed by atoms with van der Waals surface area (Å²) in [4.78, 5) is 2.80. The first kappa shape index (κ1) is 30.4. The maximum atomic E-state index is 15.8. The van der Waals surface area contributed by atoms with Gasteiger partial charge < -0.3 is 23.7 Å². The Morgan fingerprint density at radius 2 is 1.07 bits per heavy atom. The van der Waals surface area contributed by atoms with E-state index in [4.69, 9.17) is 29.2 Å². The van der Waals surface area contributed by atoms with Gasteiger partial charge in [0.05, 0.1) is 33.0 Å². The van der Waals surface area contributed by atoms with Gasteiger partial charge in [-0.3, -0.25) is 0 Å². The molecule has 0 radical (unpaired) electrons. The topological polar surface area (TPSA) is 94.9 Å². The molecular formula is C34H34FN3O5. The summed E-state index contributed by atoms with van der Waals surface area (Å²) in [7, 11) is 0. The van der Waals surface area contributed by atoms with E-state index >= 15 is 4.39 Å². The summed E-state index contributed by atoms with van der Waals surface area (Å²) >= 11 is 0. The quantitative estimate of drug-likeness (QED) is 0.0866. The van der Waals surface area contributed by atoms with Crippen molar-refractivity contribution in [1.29, 1.82) is 0 Å². The van der Waals surface area contributed by atoms with Crippen LogP contribution in [0.1, 0.15) is 22.3 Å². The molecule has 4 aromatic carbocycles. The summed E-state index contributed by atoms with van der Waals surface area (Å²) in [5.74, 6) is 0. The van der Waals surface area contributed by atoms with Crippen molar-refractivity contribution in [3.05, 3.63) is 148 Å². The van der Waals surface area contributed by atoms with Crippen LogP contribution < -0.4 is 0 Å². The lowest BCUT2D eigenvalue weighted by Crippen LogP contribution is -2.60. The van der Waals surface area contributed by atoms with Crippen LogP contribution in [0.4, 0.5) is 10.1 Å². The molecule has 0 spiro atoms. The van der Waals surface area contributed by atoms with E-state index in [9.17, 15) is 0 Å². The molecule has 1 unspecified atom stereocenters. The Morgan fingerprint density at radius 1 is 0.605 bits per heavy atom. The van der Waals surface area contributed by atoms with Crippen LogP contribution in [0.15, 0.2) is 120 Å². The molecule has 1 aliphatic rings. The molecular weight excluding hydrogens is 549 g/mol. The molecule has 43 heavy (non-hydrogen) atoms. The number of alkyl halides is 1. The summed E-state index contributed by atoms with van der Waals surface area (Å²) in [6.07, 6.45) is -5.10. The molecule has 0 aliphatic carbocycles. The van der Waals surface area contributed by atoms with Gasteiger partial charge in [-0.2, -0.15) is 0 Å². The molecule has 1 aliphatic heterocycles. The highest BCUT2D eigenvalue weighted by Crippen LogP contribution is 2.31. The first-order chi connectivity index (χ1) is 21.2. The van der Waals surface area contributed by atoms with Gasteiger partial charge >= 0.3 is 0 Å². The first-order valence-electron chi connectivity index (χ1n) is 14.2. The third-order valence-corrected chi connectivity index (χ3v) is 7.08. The monoisotopic (exact) mass is 583 g/mol. The standard InChI is InChI=1S/C34H34FN3O5/c35-34-33(42-23-28-16-18-29(19-17-28)37-38-36)32(41-22-27-14-8-3-9-15-27)31(40-21-26-12-6-2-7-13-26)30(43-34)24-39-20-25-10-4-1-5-11-25/h1-19,30-34H,20-24H2/t30-,31-,32+,33-,34?/m1/s1. The van der Waals surface area contributed by atoms with E-state index in [0.717, 1.165) is 22.3 Å². The summed E-state index contributed by atoms with van der Waals surface area (Å²) in [6.45, 7) is 1.07. The lowest BCUT2D eigenvalue weighted by atomic mass is 9.98. The van der Waals surface area contributed by atoms with E-state index in [1.54, 1.807) is 24.3 Å². The Labute approximate surface area is 250 Å². The lowest BCUT2D eigenvalue weighted by molar-refractivity contribution is -0.298. The van der Waals surface area contributed by atoms with Gasteiger partial charge in [0.15, 0.2) is 0 Å². The van der Waals surface area contributed by atoms with Crippen molar-refractivity contribution in [2.75, 3.05) is 6.61 Å². The van der Waals surface area contributed by atoms with Gasteiger partial charge in [0, 0.05) is 10.6 Å². The maximum Gasteiger partial charge on any atom is 0.228 e. The number of azide groups is 1. The fourth-order valence-corrected chi connectivity index (χ4v) is 4.87. The molecule has 0 N–H and O–H groups in total. The third-order valence-electron chi connectivity index (χ3n) is 7.08. The zero-order chi connectivity index (χ0) is 29.7. The summed E-state index contributed by atoms with van der Waals surface area (Å²) in [5.41, 5.74) is 12.8. The normalized spacial score (nSPS) is 21.7. The highest BCUT2D eigenvalue weighted by molar-refractivity contribution is 5.38. The van der Waals surface area contributed by atoms with E-state index in [1.807, 2.05) is 91.0 Å². The van der Waals surface area contributed by atoms with Crippen molar-refractivity contribution in [2.45, 2.75) is 57.2 Å². The fourth-order valence-electron chi connectivity index (χ4n) is 4.87. The van der Waals surface area contributed by atoms with E-state index in [0.29, 0.717) is 12.3 Å². The third kappa shape index (κ3) is 8.95. The van der Waals surface area contributed by atoms with Crippen molar-refractivity contribution >= 4 is 5.69 Å². The molecule has 5 rings (SSSR count). The van der Waals surface area contributed by atoms with Gasteiger partial charge in [-0.15, -0.1) is 0 Å². The van der Waals surface area contributed by atoms with Crippen LogP contribution in [-0.2, 0) is 50.1 Å². The van der Waals surface area contributed by atoms with E-state index in [-0.39, 0.29) is 26.4 Å². The summed E-state index contributed by atoms with van der Waals surface area (Å²) in [5, 5.41) is 3.59. The minimum atomic E-state index is -1.79. The van der Waals surface area contributed by atoms with Crippen LogP contribution in [-0.4, -0.2) is 37.4 Å². The minimum Gasteiger partial charge on any atom is -0.374 e. The van der Waals surface area contributed by atoms with E-state index in [1.165, 1.54) is 0 Å². The van der Waals surface area contributed by atoms with Crippen molar-refractivity contribution in [2.24, 2.45) is 5.11 Å². The molecule has 0 bridgehead atoms. The Morgan fingerprint density at radius 3 is 1.60 bits per heavy atom. The van der Waals surface area contributed by atoms with Crippen molar-refractivity contribution in [1.82, 2.24) is 0 Å². The van der Waals surface area contributed by atoms with Crippen molar-refractivity contribution in [3.63, 3.8) is 0 Å². The number of benzene rings is 4. The molecule has 8 nitrogen and oxygen atoms in total. The predicted octanol–water partition coefficient (Wildman–Crippen LogP) is 7.60. The highest BCUT2D eigenvalue weighted by Gasteiger charge is 2.48. The molecule has 5 atom stereocenters. The number of rotatable bonds is 14. The SMILES string of the molecule is [N-]=[N+]=Nc1ccc(CO[C@H]2C(F)O[C@H](COCc3ccccc3)[C@@H](OCc3ccccc3)[C@@H]2OCc2ccccc2)cc1. The Kier molecular flexibility index (Phi) is 11.3. The Bertz CT molecular complexity index is 1420. The fraction of sp³-hybridized carbons (Fsp3) is 0.294. The zero-order valence-electron chi connectivity index (χ0n) is 23.7. The number of nitrogens with zero attached hydrogens (tertiary/aromatic N) is 3. The lowest BCUT2D eigenvalue weighted by Gasteiger charge is -2.43. The summed E-state index contributed by atoms with van der Waals surface area (Å²) in [6, 6.07) is 36.1. The molecule has 9 heteroatoms. The van der Waals surface area contributed by atoms with E-state index in [2.05, 4.69) is 10.0 Å². The molecule has 4 aromatic rings. The number of halogens is 1. The largest absolute Gasteiger partial charge is 0.374 e. The van der Waals surface area contributed by atoms with Crippen LogP contribution in [0.3, 0.4) is 0 Å².